The van der Waals surface area contributed by atoms with Crippen molar-refractivity contribution >= 4 is 17.7 Å². The predicted molar refractivity (Wildman–Crippen MR) is 66.8 cm³/mol. The van der Waals surface area contributed by atoms with Crippen LogP contribution in [0.4, 0.5) is 5.95 Å². The molecule has 0 bridgehead atoms. The second-order valence-corrected chi connectivity index (χ2v) is 5.15. The Morgan fingerprint density at radius 1 is 1.38 bits per heavy atom. The Hall–Kier alpha value is -0.810. The molecule has 1 saturated heterocycles. The lowest BCUT2D eigenvalue weighted by atomic mass is 9.96. The highest BCUT2D eigenvalue weighted by Gasteiger charge is 2.32. The third-order valence-electron chi connectivity index (χ3n) is 2.97. The topological polar surface area (TPSA) is 47.0 Å². The van der Waals surface area contributed by atoms with Crippen LogP contribution in [-0.2, 0) is 4.74 Å². The molecule has 0 unspecified atom stereocenters. The minimum absolute atomic E-state index is 0.0373. The number of nitrogens with zero attached hydrogens (tertiary/aromatic N) is 2. The van der Waals surface area contributed by atoms with E-state index >= 15 is 0 Å². The lowest BCUT2D eigenvalue weighted by Crippen LogP contribution is -2.42. The molecule has 16 heavy (non-hydrogen) atoms. The predicted octanol–water partition coefficient (Wildman–Crippen LogP) is 1.80. The van der Waals surface area contributed by atoms with Gasteiger partial charge in [0.15, 0.2) is 0 Å². The van der Waals surface area contributed by atoms with Gasteiger partial charge in [-0.25, -0.2) is 9.97 Å². The van der Waals surface area contributed by atoms with Gasteiger partial charge in [-0.1, -0.05) is 0 Å². The van der Waals surface area contributed by atoms with Crippen LogP contribution in [0.2, 0.25) is 0 Å². The molecule has 1 fully saturated rings. The van der Waals surface area contributed by atoms with Gasteiger partial charge in [0.2, 0.25) is 5.95 Å². The van der Waals surface area contributed by atoms with Crippen molar-refractivity contribution < 1.29 is 4.74 Å². The largest absolute Gasteiger partial charge is 0.376 e. The Labute approximate surface area is 100 Å². The Morgan fingerprint density at radius 3 is 2.69 bits per heavy atom. The average molecular weight is 239 g/mol. The van der Waals surface area contributed by atoms with Crippen molar-refractivity contribution in [3.63, 3.8) is 0 Å². The van der Waals surface area contributed by atoms with Crippen LogP contribution in [0.3, 0.4) is 0 Å². The summed E-state index contributed by atoms with van der Waals surface area (Å²) in [6.45, 7) is 0.786. The fraction of sp³-hybridized carbons (Fsp3) is 0.636. The van der Waals surface area contributed by atoms with Gasteiger partial charge in [-0.2, -0.15) is 11.8 Å². The number of rotatable bonds is 4. The summed E-state index contributed by atoms with van der Waals surface area (Å²) in [5.41, 5.74) is -0.0373. The van der Waals surface area contributed by atoms with Gasteiger partial charge in [0.05, 0.1) is 5.60 Å². The third-order valence-corrected chi connectivity index (χ3v) is 3.96. The Bertz CT molecular complexity index is 314. The summed E-state index contributed by atoms with van der Waals surface area (Å²) in [6.07, 6.45) is 5.67. The molecule has 2 rings (SSSR count). The van der Waals surface area contributed by atoms with Crippen molar-refractivity contribution in [1.29, 1.82) is 0 Å². The molecule has 1 N–H and O–H groups in total. The molecule has 4 nitrogen and oxygen atoms in total. The van der Waals surface area contributed by atoms with Crippen LogP contribution in [-0.4, -0.2) is 40.7 Å². The first-order chi connectivity index (χ1) is 7.85. The highest BCUT2D eigenvalue weighted by atomic mass is 32.2. The number of anilines is 1. The van der Waals surface area contributed by atoms with Crippen molar-refractivity contribution in [1.82, 2.24) is 9.97 Å². The van der Waals surface area contributed by atoms with E-state index in [4.69, 9.17) is 4.74 Å². The van der Waals surface area contributed by atoms with Crippen molar-refractivity contribution in [3.05, 3.63) is 18.5 Å². The Balaban J connectivity index is 1.92. The molecule has 0 aromatic carbocycles. The molecule has 1 aliphatic heterocycles. The van der Waals surface area contributed by atoms with E-state index in [0.717, 1.165) is 19.4 Å². The zero-order chi connectivity index (χ0) is 11.3. The van der Waals surface area contributed by atoms with Crippen molar-refractivity contribution in [2.24, 2.45) is 0 Å². The minimum atomic E-state index is -0.0373. The summed E-state index contributed by atoms with van der Waals surface area (Å²) < 4.78 is 5.67. The van der Waals surface area contributed by atoms with Gasteiger partial charge in [-0.05, 0) is 30.4 Å². The first-order valence-electron chi connectivity index (χ1n) is 5.48. The number of aromatic nitrogens is 2. The maximum Gasteiger partial charge on any atom is 0.222 e. The quantitative estimate of drug-likeness (QED) is 0.868. The zero-order valence-electron chi connectivity index (χ0n) is 9.48. The SMILES string of the molecule is COC1(CNc2ncccn2)CCSCC1. The smallest absolute Gasteiger partial charge is 0.222 e. The van der Waals surface area contributed by atoms with E-state index in [1.54, 1.807) is 19.5 Å². The molecular formula is C11H17N3OS. The number of methoxy groups -OCH3 is 1. The van der Waals surface area contributed by atoms with Crippen LogP contribution in [0, 0.1) is 0 Å². The van der Waals surface area contributed by atoms with Gasteiger partial charge in [0.1, 0.15) is 0 Å². The standard InChI is InChI=1S/C11H17N3OS/c1-15-11(3-7-16-8-4-11)9-14-10-12-5-2-6-13-10/h2,5-6H,3-4,7-9H2,1H3,(H,12,13,14). The van der Waals surface area contributed by atoms with E-state index in [-0.39, 0.29) is 5.60 Å². The maximum atomic E-state index is 5.67. The molecule has 0 radical (unpaired) electrons. The van der Waals surface area contributed by atoms with Crippen LogP contribution in [0.5, 0.6) is 0 Å². The van der Waals surface area contributed by atoms with E-state index in [1.807, 2.05) is 17.8 Å². The molecule has 0 atom stereocenters. The molecule has 1 aliphatic rings. The van der Waals surface area contributed by atoms with Gasteiger partial charge in [-0.3, -0.25) is 0 Å². The molecule has 5 heteroatoms. The second kappa shape index (κ2) is 5.50. The van der Waals surface area contributed by atoms with E-state index in [0.29, 0.717) is 5.95 Å². The monoisotopic (exact) mass is 239 g/mol. The molecule has 2 heterocycles. The fourth-order valence-electron chi connectivity index (χ4n) is 1.83. The van der Waals surface area contributed by atoms with Crippen LogP contribution < -0.4 is 5.32 Å². The van der Waals surface area contributed by atoms with Crippen molar-refractivity contribution in [2.75, 3.05) is 30.5 Å². The van der Waals surface area contributed by atoms with Crippen molar-refractivity contribution in [3.8, 4) is 0 Å². The zero-order valence-corrected chi connectivity index (χ0v) is 10.3. The highest BCUT2D eigenvalue weighted by molar-refractivity contribution is 7.99. The van der Waals surface area contributed by atoms with Crippen LogP contribution in [0.15, 0.2) is 18.5 Å². The van der Waals surface area contributed by atoms with Gasteiger partial charge < -0.3 is 10.1 Å². The molecular weight excluding hydrogens is 222 g/mol. The lowest BCUT2D eigenvalue weighted by molar-refractivity contribution is -0.00560. The van der Waals surface area contributed by atoms with Crippen LogP contribution >= 0.6 is 11.8 Å². The summed E-state index contributed by atoms with van der Waals surface area (Å²) in [4.78, 5) is 8.29. The third kappa shape index (κ3) is 2.86. The van der Waals surface area contributed by atoms with Crippen LogP contribution in [0.25, 0.3) is 0 Å². The Morgan fingerprint density at radius 2 is 2.06 bits per heavy atom. The van der Waals surface area contributed by atoms with E-state index in [9.17, 15) is 0 Å². The van der Waals surface area contributed by atoms with Crippen LogP contribution in [0.1, 0.15) is 12.8 Å². The molecule has 0 amide bonds. The molecule has 0 saturated carbocycles. The second-order valence-electron chi connectivity index (χ2n) is 3.93. The van der Waals surface area contributed by atoms with Gasteiger partial charge >= 0.3 is 0 Å². The summed E-state index contributed by atoms with van der Waals surface area (Å²) in [5.74, 6) is 3.02. The summed E-state index contributed by atoms with van der Waals surface area (Å²) >= 11 is 2.00. The van der Waals surface area contributed by atoms with E-state index in [1.165, 1.54) is 11.5 Å². The van der Waals surface area contributed by atoms with E-state index in [2.05, 4.69) is 15.3 Å². The first-order valence-corrected chi connectivity index (χ1v) is 6.64. The van der Waals surface area contributed by atoms with Gasteiger partial charge in [-0.15, -0.1) is 0 Å². The Kier molecular flexibility index (Phi) is 4.01. The van der Waals surface area contributed by atoms with Gasteiger partial charge in [0.25, 0.3) is 0 Å². The fourth-order valence-corrected chi connectivity index (χ4v) is 3.06. The maximum absolute atomic E-state index is 5.67. The number of thioether (sulfide) groups is 1. The normalized spacial score (nSPS) is 19.3. The van der Waals surface area contributed by atoms with E-state index < -0.39 is 0 Å². The highest BCUT2D eigenvalue weighted by Crippen LogP contribution is 2.29. The molecule has 1 aromatic heterocycles. The first kappa shape index (κ1) is 11.7. The molecule has 0 aliphatic carbocycles. The number of ether oxygens (including phenoxy) is 1. The summed E-state index contributed by atoms with van der Waals surface area (Å²) in [6, 6.07) is 1.81. The molecule has 1 aromatic rings. The summed E-state index contributed by atoms with van der Waals surface area (Å²) in [5, 5.41) is 3.25. The average Bonchev–Trinajstić information content (AvgIpc) is 2.39. The lowest BCUT2D eigenvalue weighted by Gasteiger charge is -2.35. The van der Waals surface area contributed by atoms with Gasteiger partial charge in [0, 0.05) is 26.0 Å². The molecule has 0 spiro atoms. The molecule has 88 valence electrons. The number of hydrogen-bond acceptors (Lipinski definition) is 5. The number of hydrogen-bond donors (Lipinski definition) is 1. The van der Waals surface area contributed by atoms with Crippen molar-refractivity contribution in [2.45, 2.75) is 18.4 Å². The summed E-state index contributed by atoms with van der Waals surface area (Å²) in [7, 11) is 1.80. The minimum Gasteiger partial charge on any atom is -0.376 e. The number of nitrogens with one attached hydrogen (secondary N) is 1.